The third-order valence-electron chi connectivity index (χ3n) is 2.94. The van der Waals surface area contributed by atoms with Gasteiger partial charge in [-0.1, -0.05) is 47.5 Å². The van der Waals surface area contributed by atoms with Crippen molar-refractivity contribution in [1.29, 1.82) is 0 Å². The SMILES string of the molecule is CC(NCc1cccc(CO)c1)c1cc(Cl)sc1Cl. The summed E-state index contributed by atoms with van der Waals surface area (Å²) in [6, 6.07) is 9.90. The number of halogens is 2. The first-order valence-electron chi connectivity index (χ1n) is 5.97. The van der Waals surface area contributed by atoms with Crippen LogP contribution in [0.4, 0.5) is 0 Å². The van der Waals surface area contributed by atoms with Crippen molar-refractivity contribution in [2.75, 3.05) is 0 Å². The first-order chi connectivity index (χ1) is 9.10. The Bertz CT molecular complexity index is 556. The van der Waals surface area contributed by atoms with Crippen LogP contribution in [0.3, 0.4) is 0 Å². The molecule has 0 radical (unpaired) electrons. The molecule has 0 saturated carbocycles. The highest BCUT2D eigenvalue weighted by atomic mass is 35.5. The Morgan fingerprint density at radius 3 is 2.63 bits per heavy atom. The summed E-state index contributed by atoms with van der Waals surface area (Å²) in [6.07, 6.45) is 0. The molecule has 0 aliphatic carbocycles. The summed E-state index contributed by atoms with van der Waals surface area (Å²) in [4.78, 5) is 0. The van der Waals surface area contributed by atoms with Gasteiger partial charge in [-0.2, -0.15) is 0 Å². The average molecular weight is 316 g/mol. The van der Waals surface area contributed by atoms with E-state index in [1.165, 1.54) is 11.3 Å². The van der Waals surface area contributed by atoms with Gasteiger partial charge in [0.1, 0.15) is 0 Å². The highest BCUT2D eigenvalue weighted by Crippen LogP contribution is 2.34. The molecule has 0 spiro atoms. The van der Waals surface area contributed by atoms with E-state index in [2.05, 4.69) is 12.2 Å². The summed E-state index contributed by atoms with van der Waals surface area (Å²) in [6.45, 7) is 2.84. The third-order valence-corrected chi connectivity index (χ3v) is 4.45. The van der Waals surface area contributed by atoms with Crippen molar-refractivity contribution < 1.29 is 5.11 Å². The van der Waals surface area contributed by atoms with E-state index in [0.717, 1.165) is 27.6 Å². The minimum atomic E-state index is 0.0648. The minimum absolute atomic E-state index is 0.0648. The Hall–Kier alpha value is -0.580. The Kier molecular flexibility index (Phi) is 5.25. The molecule has 0 aliphatic heterocycles. The molecule has 0 bridgehead atoms. The van der Waals surface area contributed by atoms with Gasteiger partial charge in [0.2, 0.25) is 0 Å². The second-order valence-corrected chi connectivity index (χ2v) is 6.65. The van der Waals surface area contributed by atoms with Crippen LogP contribution in [-0.2, 0) is 13.2 Å². The zero-order valence-corrected chi connectivity index (χ0v) is 12.8. The third kappa shape index (κ3) is 3.94. The van der Waals surface area contributed by atoms with Crippen molar-refractivity contribution in [2.45, 2.75) is 26.1 Å². The van der Waals surface area contributed by atoms with Gasteiger partial charge in [-0.25, -0.2) is 0 Å². The van der Waals surface area contributed by atoms with E-state index in [4.69, 9.17) is 28.3 Å². The molecular formula is C14H15Cl2NOS. The molecule has 1 atom stereocenters. The average Bonchev–Trinajstić information content (AvgIpc) is 2.75. The predicted molar refractivity (Wildman–Crippen MR) is 82.0 cm³/mol. The van der Waals surface area contributed by atoms with Crippen LogP contribution in [0, 0.1) is 0 Å². The number of hydrogen-bond acceptors (Lipinski definition) is 3. The van der Waals surface area contributed by atoms with Crippen molar-refractivity contribution in [1.82, 2.24) is 5.32 Å². The second kappa shape index (κ2) is 6.73. The summed E-state index contributed by atoms with van der Waals surface area (Å²) in [5.74, 6) is 0. The maximum absolute atomic E-state index is 9.11. The molecule has 1 unspecified atom stereocenters. The smallest absolute Gasteiger partial charge is 0.0991 e. The maximum atomic E-state index is 9.11. The van der Waals surface area contributed by atoms with Gasteiger partial charge in [0.05, 0.1) is 15.3 Å². The molecule has 2 N–H and O–H groups in total. The Labute approximate surface area is 127 Å². The molecule has 2 rings (SSSR count). The summed E-state index contributed by atoms with van der Waals surface area (Å²) in [5.41, 5.74) is 3.08. The molecule has 1 aromatic heterocycles. The van der Waals surface area contributed by atoms with Crippen LogP contribution in [0.25, 0.3) is 0 Å². The van der Waals surface area contributed by atoms with E-state index in [1.54, 1.807) is 0 Å². The van der Waals surface area contributed by atoms with Crippen molar-refractivity contribution in [2.24, 2.45) is 0 Å². The fraction of sp³-hybridized carbons (Fsp3) is 0.286. The first kappa shape index (κ1) is 14.8. The van der Waals surface area contributed by atoms with E-state index < -0.39 is 0 Å². The lowest BCUT2D eigenvalue weighted by molar-refractivity contribution is 0.281. The van der Waals surface area contributed by atoms with Crippen molar-refractivity contribution in [3.63, 3.8) is 0 Å². The Morgan fingerprint density at radius 2 is 2.00 bits per heavy atom. The summed E-state index contributed by atoms with van der Waals surface area (Å²) in [7, 11) is 0. The van der Waals surface area contributed by atoms with E-state index >= 15 is 0 Å². The van der Waals surface area contributed by atoms with Crippen molar-refractivity contribution >= 4 is 34.5 Å². The fourth-order valence-electron chi connectivity index (χ4n) is 1.87. The molecule has 0 aliphatic rings. The number of nitrogens with one attached hydrogen (secondary N) is 1. The largest absolute Gasteiger partial charge is 0.392 e. The van der Waals surface area contributed by atoms with Crippen LogP contribution in [0.5, 0.6) is 0 Å². The Balaban J connectivity index is 2.00. The predicted octanol–water partition coefficient (Wildman–Crippen LogP) is 4.40. The van der Waals surface area contributed by atoms with E-state index in [-0.39, 0.29) is 12.6 Å². The first-order valence-corrected chi connectivity index (χ1v) is 7.54. The van der Waals surface area contributed by atoms with Gasteiger partial charge >= 0.3 is 0 Å². The van der Waals surface area contributed by atoms with Crippen LogP contribution in [-0.4, -0.2) is 5.11 Å². The molecule has 19 heavy (non-hydrogen) atoms. The highest BCUT2D eigenvalue weighted by molar-refractivity contribution is 7.20. The molecular weight excluding hydrogens is 301 g/mol. The standard InChI is InChI=1S/C14H15Cl2NOS/c1-9(12-6-13(15)19-14(12)16)17-7-10-3-2-4-11(5-10)8-18/h2-6,9,17-18H,7-8H2,1H3. The molecule has 102 valence electrons. The van der Waals surface area contributed by atoms with Gasteiger partial charge in [0.15, 0.2) is 0 Å². The normalized spacial score (nSPS) is 12.6. The number of aliphatic hydroxyl groups excluding tert-OH is 1. The minimum Gasteiger partial charge on any atom is -0.392 e. The lowest BCUT2D eigenvalue weighted by atomic mass is 10.1. The number of rotatable bonds is 5. The molecule has 2 nitrogen and oxygen atoms in total. The van der Waals surface area contributed by atoms with Gasteiger partial charge in [0, 0.05) is 12.6 Å². The lowest BCUT2D eigenvalue weighted by Gasteiger charge is -2.13. The zero-order chi connectivity index (χ0) is 13.8. The Morgan fingerprint density at radius 1 is 1.26 bits per heavy atom. The number of benzene rings is 1. The quantitative estimate of drug-likeness (QED) is 0.857. The van der Waals surface area contributed by atoms with Crippen molar-refractivity contribution in [3.05, 3.63) is 55.7 Å². The van der Waals surface area contributed by atoms with Gasteiger partial charge < -0.3 is 10.4 Å². The summed E-state index contributed by atoms with van der Waals surface area (Å²) >= 11 is 13.5. The van der Waals surface area contributed by atoms with E-state index in [1.807, 2.05) is 30.3 Å². The van der Waals surface area contributed by atoms with Crippen LogP contribution >= 0.6 is 34.5 Å². The lowest BCUT2D eigenvalue weighted by Crippen LogP contribution is -2.17. The molecule has 1 aromatic carbocycles. The molecule has 2 aromatic rings. The van der Waals surface area contributed by atoms with Gasteiger partial charge in [-0.05, 0) is 29.7 Å². The molecule has 0 amide bonds. The second-order valence-electron chi connectivity index (χ2n) is 4.36. The maximum Gasteiger partial charge on any atom is 0.0991 e. The number of hydrogen-bond donors (Lipinski definition) is 2. The van der Waals surface area contributed by atoms with E-state index in [9.17, 15) is 0 Å². The van der Waals surface area contributed by atoms with Crippen LogP contribution in [0.15, 0.2) is 30.3 Å². The summed E-state index contributed by atoms with van der Waals surface area (Å²) in [5, 5.41) is 12.5. The number of aliphatic hydroxyl groups is 1. The molecule has 0 saturated heterocycles. The number of thiophene rings is 1. The summed E-state index contributed by atoms with van der Waals surface area (Å²) < 4.78 is 1.44. The molecule has 0 fully saturated rings. The zero-order valence-electron chi connectivity index (χ0n) is 10.5. The molecule has 5 heteroatoms. The molecule has 1 heterocycles. The highest BCUT2D eigenvalue weighted by Gasteiger charge is 2.12. The van der Waals surface area contributed by atoms with Crippen molar-refractivity contribution in [3.8, 4) is 0 Å². The van der Waals surface area contributed by atoms with Crippen LogP contribution < -0.4 is 5.32 Å². The van der Waals surface area contributed by atoms with Gasteiger partial charge in [-0.15, -0.1) is 11.3 Å². The van der Waals surface area contributed by atoms with E-state index in [0.29, 0.717) is 4.34 Å². The van der Waals surface area contributed by atoms with Gasteiger partial charge in [0.25, 0.3) is 0 Å². The van der Waals surface area contributed by atoms with Crippen LogP contribution in [0.1, 0.15) is 29.7 Å². The van der Waals surface area contributed by atoms with Crippen LogP contribution in [0.2, 0.25) is 8.67 Å². The monoisotopic (exact) mass is 315 g/mol. The topological polar surface area (TPSA) is 32.3 Å². The fourth-order valence-corrected chi connectivity index (χ4v) is 3.51. The van der Waals surface area contributed by atoms with Gasteiger partial charge in [-0.3, -0.25) is 0 Å².